The molecule has 5 nitrogen and oxygen atoms in total. The Morgan fingerprint density at radius 3 is 2.43 bits per heavy atom. The van der Waals surface area contributed by atoms with Crippen molar-refractivity contribution in [3.8, 4) is 22.8 Å². The molecule has 0 atom stereocenters. The molecule has 0 saturated carbocycles. The number of carboxylic acids is 1. The lowest BCUT2D eigenvalue weighted by molar-refractivity contribution is 0.0692. The predicted octanol–water partition coefficient (Wildman–Crippen LogP) is 3.92. The van der Waals surface area contributed by atoms with Crippen LogP contribution in [0.5, 0.6) is 0 Å². The van der Waals surface area contributed by atoms with Gasteiger partial charge in [-0.3, -0.25) is 0 Å². The Morgan fingerprint density at radius 2 is 1.70 bits per heavy atom. The van der Waals surface area contributed by atoms with Gasteiger partial charge in [0.2, 0.25) is 0 Å². The average Bonchev–Trinajstić information content (AvgIpc) is 3.19. The molecule has 0 aliphatic rings. The van der Waals surface area contributed by atoms with Crippen molar-refractivity contribution in [1.29, 1.82) is 0 Å². The number of nitrogens with zero attached hydrogens (tertiary/aromatic N) is 1. The summed E-state index contributed by atoms with van der Waals surface area (Å²) in [6.45, 7) is 0. The second-order valence-electron chi connectivity index (χ2n) is 5.25. The van der Waals surface area contributed by atoms with Crippen LogP contribution in [0.15, 0.2) is 60.7 Å². The van der Waals surface area contributed by atoms with Crippen molar-refractivity contribution in [1.82, 2.24) is 15.0 Å². The van der Waals surface area contributed by atoms with E-state index in [0.29, 0.717) is 11.5 Å². The molecule has 0 aliphatic heterocycles. The minimum Gasteiger partial charge on any atom is -0.477 e. The van der Waals surface area contributed by atoms with Gasteiger partial charge in [-0.2, -0.15) is 0 Å². The number of imidazole rings is 1. The Morgan fingerprint density at radius 1 is 0.957 bits per heavy atom. The maximum absolute atomic E-state index is 11.5. The van der Waals surface area contributed by atoms with E-state index in [1.165, 1.54) is 0 Å². The molecule has 3 N–H and O–H groups in total. The minimum absolute atomic E-state index is 0.0878. The van der Waals surface area contributed by atoms with Crippen LogP contribution in [0.3, 0.4) is 0 Å². The molecule has 0 radical (unpaired) electrons. The van der Waals surface area contributed by atoms with E-state index >= 15 is 0 Å². The van der Waals surface area contributed by atoms with Gasteiger partial charge in [0.1, 0.15) is 5.69 Å². The first-order valence-electron chi connectivity index (χ1n) is 7.19. The third-order valence-corrected chi connectivity index (χ3v) is 3.75. The molecule has 5 heteroatoms. The molecule has 112 valence electrons. The highest BCUT2D eigenvalue weighted by Crippen LogP contribution is 2.27. The van der Waals surface area contributed by atoms with E-state index in [2.05, 4.69) is 15.0 Å². The SMILES string of the molecule is O=C(O)c1[nH]c(-c2cc3ccccc3[nH]2)nc1-c1ccccc1. The Labute approximate surface area is 131 Å². The van der Waals surface area contributed by atoms with Crippen molar-refractivity contribution in [3.05, 3.63) is 66.4 Å². The second-order valence-corrected chi connectivity index (χ2v) is 5.25. The van der Waals surface area contributed by atoms with Crippen molar-refractivity contribution in [3.63, 3.8) is 0 Å². The van der Waals surface area contributed by atoms with Gasteiger partial charge in [-0.25, -0.2) is 9.78 Å². The Balaban J connectivity index is 1.88. The summed E-state index contributed by atoms with van der Waals surface area (Å²) >= 11 is 0. The molecule has 4 aromatic rings. The zero-order chi connectivity index (χ0) is 15.8. The number of aromatic amines is 2. The lowest BCUT2D eigenvalue weighted by atomic mass is 10.1. The van der Waals surface area contributed by atoms with Gasteiger partial charge in [-0.05, 0) is 12.1 Å². The predicted molar refractivity (Wildman–Crippen MR) is 88.3 cm³/mol. The summed E-state index contributed by atoms with van der Waals surface area (Å²) in [7, 11) is 0. The third-order valence-electron chi connectivity index (χ3n) is 3.75. The van der Waals surface area contributed by atoms with Crippen LogP contribution in [0.4, 0.5) is 0 Å². The van der Waals surface area contributed by atoms with Crippen LogP contribution in [0.1, 0.15) is 10.5 Å². The van der Waals surface area contributed by atoms with Crippen LogP contribution in [0.2, 0.25) is 0 Å². The molecule has 0 bridgehead atoms. The Kier molecular flexibility index (Phi) is 2.98. The molecule has 0 amide bonds. The topological polar surface area (TPSA) is 81.8 Å². The number of carbonyl (C=O) groups is 1. The molecule has 0 unspecified atom stereocenters. The normalized spacial score (nSPS) is 11.0. The fraction of sp³-hybridized carbons (Fsp3) is 0. The van der Waals surface area contributed by atoms with Gasteiger partial charge >= 0.3 is 5.97 Å². The number of fused-ring (bicyclic) bond motifs is 1. The van der Waals surface area contributed by atoms with E-state index in [-0.39, 0.29) is 5.69 Å². The lowest BCUT2D eigenvalue weighted by Gasteiger charge is -1.97. The molecule has 2 aromatic carbocycles. The van der Waals surface area contributed by atoms with Crippen LogP contribution in [0.25, 0.3) is 33.7 Å². The van der Waals surface area contributed by atoms with Gasteiger partial charge in [-0.15, -0.1) is 0 Å². The van der Waals surface area contributed by atoms with E-state index in [0.717, 1.165) is 22.2 Å². The smallest absolute Gasteiger partial charge is 0.354 e. The molecular weight excluding hydrogens is 290 g/mol. The zero-order valence-electron chi connectivity index (χ0n) is 12.1. The number of carboxylic acid groups (broad SMARTS) is 1. The first-order chi connectivity index (χ1) is 11.2. The monoisotopic (exact) mass is 303 g/mol. The Hall–Kier alpha value is -3.34. The number of para-hydroxylation sites is 1. The summed E-state index contributed by atoms with van der Waals surface area (Å²) in [5.74, 6) is -0.517. The average molecular weight is 303 g/mol. The summed E-state index contributed by atoms with van der Waals surface area (Å²) in [6.07, 6.45) is 0. The number of rotatable bonds is 3. The van der Waals surface area contributed by atoms with Gasteiger partial charge in [0, 0.05) is 16.5 Å². The quantitative estimate of drug-likeness (QED) is 0.536. The molecule has 4 rings (SSSR count). The summed E-state index contributed by atoms with van der Waals surface area (Å²) in [5, 5.41) is 10.5. The number of benzene rings is 2. The summed E-state index contributed by atoms with van der Waals surface area (Å²) in [6, 6.07) is 19.1. The molecule has 0 aliphatic carbocycles. The fourth-order valence-electron chi connectivity index (χ4n) is 2.66. The summed E-state index contributed by atoms with van der Waals surface area (Å²) < 4.78 is 0. The van der Waals surface area contributed by atoms with E-state index < -0.39 is 5.97 Å². The van der Waals surface area contributed by atoms with Crippen LogP contribution in [-0.2, 0) is 0 Å². The maximum atomic E-state index is 11.5. The van der Waals surface area contributed by atoms with E-state index in [1.54, 1.807) is 0 Å². The summed E-state index contributed by atoms with van der Waals surface area (Å²) in [4.78, 5) is 22.2. The third kappa shape index (κ3) is 2.28. The maximum Gasteiger partial charge on any atom is 0.354 e. The molecule has 0 saturated heterocycles. The lowest BCUT2D eigenvalue weighted by Crippen LogP contribution is -1.99. The molecular formula is C18H13N3O2. The van der Waals surface area contributed by atoms with Crippen LogP contribution >= 0.6 is 0 Å². The van der Waals surface area contributed by atoms with Crippen molar-refractivity contribution < 1.29 is 9.90 Å². The van der Waals surface area contributed by atoms with Gasteiger partial charge in [0.25, 0.3) is 0 Å². The molecule has 2 aromatic heterocycles. The molecule has 0 fully saturated rings. The number of nitrogens with one attached hydrogen (secondary N) is 2. The van der Waals surface area contributed by atoms with Crippen LogP contribution in [-0.4, -0.2) is 26.0 Å². The highest BCUT2D eigenvalue weighted by Gasteiger charge is 2.19. The number of hydrogen-bond donors (Lipinski definition) is 3. The highest BCUT2D eigenvalue weighted by molar-refractivity contribution is 5.94. The standard InChI is InChI=1S/C18H13N3O2/c22-18(23)16-15(11-6-2-1-3-7-11)20-17(21-16)14-10-12-8-4-5-9-13(12)19-14/h1-10,19H,(H,20,21)(H,22,23). The summed E-state index contributed by atoms with van der Waals surface area (Å²) in [5.41, 5.74) is 3.04. The van der Waals surface area contributed by atoms with Crippen molar-refractivity contribution in [2.24, 2.45) is 0 Å². The van der Waals surface area contributed by atoms with Crippen molar-refractivity contribution in [2.45, 2.75) is 0 Å². The first-order valence-corrected chi connectivity index (χ1v) is 7.19. The van der Waals surface area contributed by atoms with Crippen molar-refractivity contribution >= 4 is 16.9 Å². The first kappa shape index (κ1) is 13.3. The van der Waals surface area contributed by atoms with E-state index in [4.69, 9.17) is 0 Å². The van der Waals surface area contributed by atoms with Crippen LogP contribution < -0.4 is 0 Å². The van der Waals surface area contributed by atoms with E-state index in [1.807, 2.05) is 60.7 Å². The van der Waals surface area contributed by atoms with E-state index in [9.17, 15) is 9.90 Å². The fourth-order valence-corrected chi connectivity index (χ4v) is 2.66. The largest absolute Gasteiger partial charge is 0.477 e. The van der Waals surface area contributed by atoms with Gasteiger partial charge < -0.3 is 15.1 Å². The van der Waals surface area contributed by atoms with Crippen molar-refractivity contribution in [2.75, 3.05) is 0 Å². The number of H-pyrrole nitrogens is 2. The number of aromatic carboxylic acids is 1. The number of hydrogen-bond acceptors (Lipinski definition) is 2. The Bertz CT molecular complexity index is 966. The zero-order valence-corrected chi connectivity index (χ0v) is 12.1. The highest BCUT2D eigenvalue weighted by atomic mass is 16.4. The number of aromatic nitrogens is 3. The molecule has 2 heterocycles. The van der Waals surface area contributed by atoms with Crippen LogP contribution in [0, 0.1) is 0 Å². The molecule has 0 spiro atoms. The van der Waals surface area contributed by atoms with Gasteiger partial charge in [-0.1, -0.05) is 48.5 Å². The van der Waals surface area contributed by atoms with Gasteiger partial charge in [0.05, 0.1) is 5.69 Å². The minimum atomic E-state index is -1.03. The second kappa shape index (κ2) is 5.14. The molecule has 23 heavy (non-hydrogen) atoms. The van der Waals surface area contributed by atoms with Gasteiger partial charge in [0.15, 0.2) is 11.5 Å².